The van der Waals surface area contributed by atoms with Crippen LogP contribution in [-0.4, -0.2) is 4.98 Å². The van der Waals surface area contributed by atoms with Crippen LogP contribution in [0.4, 0.5) is 5.69 Å². The van der Waals surface area contributed by atoms with Crippen molar-refractivity contribution in [2.75, 3.05) is 5.73 Å². The van der Waals surface area contributed by atoms with E-state index in [2.05, 4.69) is 4.98 Å². The molecule has 0 unspecified atom stereocenters. The largest absolute Gasteiger partial charge is 0.399 e. The Balaban J connectivity index is 2.86. The summed E-state index contributed by atoms with van der Waals surface area (Å²) in [5, 5.41) is 0. The molecule has 0 saturated heterocycles. The maximum Gasteiger partial charge on any atom is 0.231 e. The van der Waals surface area contributed by atoms with Crippen molar-refractivity contribution in [2.45, 2.75) is 0 Å². The topological polar surface area (TPSA) is 42.8 Å². The Morgan fingerprint density at radius 1 is 1.42 bits per heavy atom. The van der Waals surface area contributed by atoms with Gasteiger partial charge in [0.2, 0.25) is 5.52 Å². The fourth-order valence-electron chi connectivity index (χ4n) is 1.24. The Morgan fingerprint density at radius 2 is 2.25 bits per heavy atom. The number of nitrogens with zero attached hydrogens (tertiary/aromatic N) is 2. The van der Waals surface area contributed by atoms with E-state index in [1.54, 1.807) is 6.20 Å². The van der Waals surface area contributed by atoms with E-state index < -0.39 is 0 Å². The summed E-state index contributed by atoms with van der Waals surface area (Å²) in [6, 6.07) is 5.72. The van der Waals surface area contributed by atoms with Gasteiger partial charge in [-0.25, -0.2) is 4.98 Å². The monoisotopic (exact) mass is 160 g/mol. The van der Waals surface area contributed by atoms with E-state index in [0.717, 1.165) is 16.7 Å². The number of nitrogen functional groups attached to an aromatic ring is 1. The standard InChI is InChI=1S/C9H10N3/c1-12-5-4-11-8-6-7(10)2-3-9(8)12/h2-6H,10H2,1H3/q+1. The zero-order valence-electron chi connectivity index (χ0n) is 6.86. The van der Waals surface area contributed by atoms with Gasteiger partial charge in [-0.15, -0.1) is 0 Å². The molecule has 2 aromatic rings. The third-order valence-corrected chi connectivity index (χ3v) is 1.88. The van der Waals surface area contributed by atoms with Crippen molar-refractivity contribution in [1.82, 2.24) is 4.98 Å². The van der Waals surface area contributed by atoms with Crippen LogP contribution in [0.5, 0.6) is 0 Å². The predicted molar refractivity (Wildman–Crippen MR) is 47.3 cm³/mol. The zero-order valence-corrected chi connectivity index (χ0v) is 6.86. The lowest BCUT2D eigenvalue weighted by Gasteiger charge is -1.95. The van der Waals surface area contributed by atoms with Crippen LogP contribution in [0.25, 0.3) is 11.0 Å². The van der Waals surface area contributed by atoms with Gasteiger partial charge in [0.05, 0.1) is 6.20 Å². The third kappa shape index (κ3) is 0.993. The van der Waals surface area contributed by atoms with Crippen molar-refractivity contribution < 1.29 is 4.57 Å². The van der Waals surface area contributed by atoms with E-state index in [1.165, 1.54) is 0 Å². The maximum atomic E-state index is 5.62. The fraction of sp³-hybridized carbons (Fsp3) is 0.111. The molecule has 0 radical (unpaired) electrons. The molecule has 0 aliphatic heterocycles. The van der Waals surface area contributed by atoms with E-state index in [0.29, 0.717) is 0 Å². The molecule has 0 fully saturated rings. The van der Waals surface area contributed by atoms with Gasteiger partial charge < -0.3 is 5.73 Å². The molecule has 0 saturated carbocycles. The molecule has 1 heterocycles. The van der Waals surface area contributed by atoms with Crippen molar-refractivity contribution in [3.05, 3.63) is 30.6 Å². The highest BCUT2D eigenvalue weighted by Gasteiger charge is 2.03. The molecule has 3 nitrogen and oxygen atoms in total. The summed E-state index contributed by atoms with van der Waals surface area (Å²) >= 11 is 0. The minimum atomic E-state index is 0.751. The number of aromatic nitrogens is 2. The summed E-state index contributed by atoms with van der Waals surface area (Å²) in [6.45, 7) is 0. The number of hydrogen-bond donors (Lipinski definition) is 1. The molecular weight excluding hydrogens is 150 g/mol. The smallest absolute Gasteiger partial charge is 0.231 e. The molecule has 3 heteroatoms. The van der Waals surface area contributed by atoms with Gasteiger partial charge in [-0.05, 0) is 12.1 Å². The van der Waals surface area contributed by atoms with E-state index in [1.807, 2.05) is 36.0 Å². The Labute approximate surface area is 70.5 Å². The quantitative estimate of drug-likeness (QED) is 0.454. The molecule has 1 aromatic heterocycles. The average molecular weight is 160 g/mol. The number of fused-ring (bicyclic) bond motifs is 1. The molecule has 2 rings (SSSR count). The molecule has 0 aliphatic rings. The lowest BCUT2D eigenvalue weighted by Crippen LogP contribution is -2.28. The second-order valence-electron chi connectivity index (χ2n) is 2.79. The predicted octanol–water partition coefficient (Wildman–Crippen LogP) is 0.641. The minimum absolute atomic E-state index is 0.751. The molecule has 0 aliphatic carbocycles. The van der Waals surface area contributed by atoms with E-state index in [9.17, 15) is 0 Å². The van der Waals surface area contributed by atoms with Gasteiger partial charge in [0.25, 0.3) is 0 Å². The molecule has 12 heavy (non-hydrogen) atoms. The first-order valence-electron chi connectivity index (χ1n) is 3.77. The highest BCUT2D eigenvalue weighted by Crippen LogP contribution is 2.09. The molecule has 1 aromatic carbocycles. The van der Waals surface area contributed by atoms with Crippen LogP contribution in [-0.2, 0) is 7.05 Å². The van der Waals surface area contributed by atoms with Crippen molar-refractivity contribution in [3.8, 4) is 0 Å². The first kappa shape index (κ1) is 7.03. The summed E-state index contributed by atoms with van der Waals surface area (Å²) in [5.74, 6) is 0. The minimum Gasteiger partial charge on any atom is -0.399 e. The first-order chi connectivity index (χ1) is 5.77. The summed E-state index contributed by atoms with van der Waals surface area (Å²) in [7, 11) is 1.99. The molecule has 0 amide bonds. The second-order valence-corrected chi connectivity index (χ2v) is 2.79. The Hall–Kier alpha value is -1.64. The molecule has 0 spiro atoms. The summed E-state index contributed by atoms with van der Waals surface area (Å²) in [6.07, 6.45) is 3.68. The summed E-state index contributed by atoms with van der Waals surface area (Å²) < 4.78 is 2.02. The number of benzene rings is 1. The first-order valence-corrected chi connectivity index (χ1v) is 3.77. The van der Waals surface area contributed by atoms with E-state index in [4.69, 9.17) is 5.73 Å². The van der Waals surface area contributed by atoms with Crippen molar-refractivity contribution >= 4 is 16.7 Å². The van der Waals surface area contributed by atoms with Crippen molar-refractivity contribution in [1.29, 1.82) is 0 Å². The number of nitrogens with two attached hydrogens (primary N) is 1. The summed E-state index contributed by atoms with van der Waals surface area (Å²) in [4.78, 5) is 4.20. The second kappa shape index (κ2) is 2.44. The normalized spacial score (nSPS) is 10.4. The molecule has 60 valence electrons. The maximum absolute atomic E-state index is 5.62. The number of aryl methyl sites for hydroxylation is 1. The highest BCUT2D eigenvalue weighted by molar-refractivity contribution is 5.74. The molecular formula is C9H10N3+. The van der Waals surface area contributed by atoms with Gasteiger partial charge >= 0.3 is 0 Å². The summed E-state index contributed by atoms with van der Waals surface area (Å²) in [5.41, 5.74) is 8.40. The number of hydrogen-bond acceptors (Lipinski definition) is 2. The van der Waals surface area contributed by atoms with Gasteiger partial charge in [0, 0.05) is 11.8 Å². The van der Waals surface area contributed by atoms with Gasteiger partial charge in [-0.1, -0.05) is 0 Å². The van der Waals surface area contributed by atoms with Crippen LogP contribution in [0.2, 0.25) is 0 Å². The number of rotatable bonds is 0. The fourth-order valence-corrected chi connectivity index (χ4v) is 1.24. The zero-order chi connectivity index (χ0) is 8.55. The lowest BCUT2D eigenvalue weighted by molar-refractivity contribution is -0.645. The van der Waals surface area contributed by atoms with Gasteiger partial charge in [-0.2, -0.15) is 4.57 Å². The van der Waals surface area contributed by atoms with Crippen LogP contribution in [0.1, 0.15) is 0 Å². The van der Waals surface area contributed by atoms with Crippen LogP contribution < -0.4 is 10.3 Å². The Bertz CT molecular complexity index is 423. The molecule has 0 atom stereocenters. The van der Waals surface area contributed by atoms with Crippen LogP contribution in [0.3, 0.4) is 0 Å². The average Bonchev–Trinajstić information content (AvgIpc) is 2.04. The van der Waals surface area contributed by atoms with E-state index in [-0.39, 0.29) is 0 Å². The molecule has 0 bridgehead atoms. The van der Waals surface area contributed by atoms with Crippen molar-refractivity contribution in [3.63, 3.8) is 0 Å². The SMILES string of the molecule is C[n+]1ccnc2cc(N)ccc21. The highest BCUT2D eigenvalue weighted by atomic mass is 14.9. The van der Waals surface area contributed by atoms with Crippen LogP contribution in [0, 0.1) is 0 Å². The lowest BCUT2D eigenvalue weighted by atomic mass is 10.2. The van der Waals surface area contributed by atoms with Crippen LogP contribution in [0.15, 0.2) is 30.6 Å². The number of anilines is 1. The third-order valence-electron chi connectivity index (χ3n) is 1.88. The van der Waals surface area contributed by atoms with Gasteiger partial charge in [-0.3, -0.25) is 0 Å². The van der Waals surface area contributed by atoms with Gasteiger partial charge in [0.1, 0.15) is 12.6 Å². The van der Waals surface area contributed by atoms with Crippen molar-refractivity contribution in [2.24, 2.45) is 7.05 Å². The van der Waals surface area contributed by atoms with Crippen LogP contribution >= 0.6 is 0 Å². The Kier molecular flexibility index (Phi) is 1.43. The van der Waals surface area contributed by atoms with Gasteiger partial charge in [0.15, 0.2) is 6.20 Å². The Morgan fingerprint density at radius 3 is 3.08 bits per heavy atom. The molecule has 2 N–H and O–H groups in total. The van der Waals surface area contributed by atoms with E-state index >= 15 is 0 Å².